The van der Waals surface area contributed by atoms with E-state index in [4.69, 9.17) is 0 Å². The second-order valence-corrected chi connectivity index (χ2v) is 7.71. The van der Waals surface area contributed by atoms with E-state index < -0.39 is 0 Å². The Labute approximate surface area is 148 Å². The van der Waals surface area contributed by atoms with Gasteiger partial charge in [0.2, 0.25) is 0 Å². The molecule has 2 heterocycles. The Morgan fingerprint density at radius 3 is 1.60 bits per heavy atom. The van der Waals surface area contributed by atoms with Crippen molar-refractivity contribution in [2.24, 2.45) is 0 Å². The van der Waals surface area contributed by atoms with Crippen LogP contribution in [0.1, 0.15) is 38.8 Å². The Balaban J connectivity index is 1.94. The van der Waals surface area contributed by atoms with E-state index in [0.717, 1.165) is 0 Å². The molecule has 20 heavy (non-hydrogen) atoms. The van der Waals surface area contributed by atoms with Crippen molar-refractivity contribution in [3.63, 3.8) is 0 Å². The first-order chi connectivity index (χ1) is 9.56. The highest BCUT2D eigenvalue weighted by Gasteiger charge is 2.18. The van der Waals surface area contributed by atoms with Crippen LogP contribution in [0.4, 0.5) is 0 Å². The van der Waals surface area contributed by atoms with Gasteiger partial charge in [-0.3, -0.25) is 0 Å². The van der Waals surface area contributed by atoms with Crippen molar-refractivity contribution in [3.8, 4) is 0 Å². The van der Waals surface area contributed by atoms with Gasteiger partial charge in [-0.15, -0.1) is 0 Å². The van der Waals surface area contributed by atoms with Crippen molar-refractivity contribution >= 4 is 45.2 Å². The van der Waals surface area contributed by atoms with Crippen LogP contribution >= 0.6 is 45.2 Å². The smallest absolute Gasteiger partial charge is 0.182 e. The van der Waals surface area contributed by atoms with Crippen molar-refractivity contribution in [2.75, 3.05) is 0 Å². The van der Waals surface area contributed by atoms with E-state index in [-0.39, 0.29) is 0 Å². The number of hydrogen-bond acceptors (Lipinski definition) is 0. The Bertz CT molecular complexity index is 520. The zero-order valence-electron chi connectivity index (χ0n) is 11.8. The predicted molar refractivity (Wildman–Crippen MR) is 97.4 cm³/mol. The quantitative estimate of drug-likeness (QED) is 0.438. The summed E-state index contributed by atoms with van der Waals surface area (Å²) in [5.74, 6) is 0. The lowest BCUT2D eigenvalue weighted by Gasteiger charge is -2.10. The van der Waals surface area contributed by atoms with E-state index in [9.17, 15) is 0 Å². The largest absolute Gasteiger partial charge is 0.202 e. The normalized spacial score (nSPS) is 14.0. The van der Waals surface area contributed by atoms with Gasteiger partial charge in [0.1, 0.15) is 0 Å². The van der Waals surface area contributed by atoms with Crippen molar-refractivity contribution < 1.29 is 9.13 Å². The molecule has 0 bridgehead atoms. The van der Waals surface area contributed by atoms with Gasteiger partial charge in [0, 0.05) is 25.0 Å². The van der Waals surface area contributed by atoms with Crippen LogP contribution in [0.25, 0.3) is 0 Å². The first-order valence-electron chi connectivity index (χ1n) is 6.89. The molecular weight excluding hydrogens is 474 g/mol. The molecule has 2 nitrogen and oxygen atoms in total. The molecule has 0 N–H and O–H groups in total. The van der Waals surface area contributed by atoms with Gasteiger partial charge in [-0.1, -0.05) is 0 Å². The van der Waals surface area contributed by atoms with Crippen LogP contribution < -0.4 is 9.13 Å². The summed E-state index contributed by atoms with van der Waals surface area (Å²) < 4.78 is 7.20. The maximum atomic E-state index is 2.37. The van der Waals surface area contributed by atoms with Crippen LogP contribution in [0.3, 0.4) is 0 Å². The van der Waals surface area contributed by atoms with Crippen molar-refractivity contribution in [2.45, 2.75) is 38.8 Å². The van der Waals surface area contributed by atoms with Crippen LogP contribution in [-0.4, -0.2) is 0 Å². The zero-order valence-corrected chi connectivity index (χ0v) is 16.2. The molecule has 0 fully saturated rings. The monoisotopic (exact) mass is 494 g/mol. The first-order valence-corrected chi connectivity index (χ1v) is 9.04. The van der Waals surface area contributed by atoms with Gasteiger partial charge in [0.05, 0.1) is 7.14 Å². The summed E-state index contributed by atoms with van der Waals surface area (Å²) in [6, 6.07) is 9.58. The van der Waals surface area contributed by atoms with E-state index in [2.05, 4.69) is 117 Å². The number of aromatic nitrogens is 2. The number of hydrogen-bond donors (Lipinski definition) is 0. The Kier molecular flexibility index (Phi) is 6.20. The van der Waals surface area contributed by atoms with E-state index in [1.807, 2.05) is 0 Å². The lowest BCUT2D eigenvalue weighted by atomic mass is 10.1. The van der Waals surface area contributed by atoms with Crippen LogP contribution in [0.15, 0.2) is 49.1 Å². The number of pyridine rings is 2. The highest BCUT2D eigenvalue weighted by molar-refractivity contribution is 14.1. The molecular formula is C16H20I2N2+2. The van der Waals surface area contributed by atoms with Crippen LogP contribution in [-0.2, 0) is 0 Å². The summed E-state index contributed by atoms with van der Waals surface area (Å²) in [7, 11) is 0. The van der Waals surface area contributed by atoms with Gasteiger partial charge in [-0.05, 0) is 71.2 Å². The van der Waals surface area contributed by atoms with Gasteiger partial charge in [0.15, 0.2) is 36.9 Å². The fraction of sp³-hybridized carbons (Fsp3) is 0.375. The van der Waals surface area contributed by atoms with Gasteiger partial charge >= 0.3 is 0 Å². The fourth-order valence-electron chi connectivity index (χ4n) is 2.25. The highest BCUT2D eigenvalue weighted by Crippen LogP contribution is 2.13. The summed E-state index contributed by atoms with van der Waals surface area (Å²) in [5.41, 5.74) is 0. The number of halogens is 2. The van der Waals surface area contributed by atoms with E-state index in [1.54, 1.807) is 0 Å². The van der Waals surface area contributed by atoms with Crippen LogP contribution in [0.2, 0.25) is 0 Å². The topological polar surface area (TPSA) is 7.76 Å². The van der Waals surface area contributed by atoms with Crippen LogP contribution in [0, 0.1) is 7.14 Å². The summed E-state index contributed by atoms with van der Waals surface area (Å²) in [4.78, 5) is 0. The molecule has 0 aliphatic carbocycles. The molecule has 0 unspecified atom stereocenters. The van der Waals surface area contributed by atoms with Gasteiger partial charge in [0.25, 0.3) is 0 Å². The molecule has 2 rings (SSSR count). The average molecular weight is 494 g/mol. The van der Waals surface area contributed by atoms with E-state index in [1.165, 1.54) is 20.0 Å². The third kappa shape index (κ3) is 4.65. The fourth-order valence-corrected chi connectivity index (χ4v) is 3.31. The minimum Gasteiger partial charge on any atom is -0.202 e. The third-order valence-electron chi connectivity index (χ3n) is 3.59. The lowest BCUT2D eigenvalue weighted by molar-refractivity contribution is -0.732. The predicted octanol–water partition coefficient (Wildman–Crippen LogP) is 4.07. The Morgan fingerprint density at radius 1 is 0.850 bits per heavy atom. The summed E-state index contributed by atoms with van der Waals surface area (Å²) in [6.07, 6.45) is 11.1. The molecule has 0 aliphatic heterocycles. The number of nitrogens with zero attached hydrogens (tertiary/aromatic N) is 2. The standard InChI is InChI=1S/C16H20I2N2/c1-13(19-9-3-5-15(17)11-19)7-8-14(2)20-10-4-6-16(18)12-20/h3-6,9-14H,7-8H2,1-2H3/q+2/t13-,14-/m1/s1. The maximum absolute atomic E-state index is 2.37. The maximum Gasteiger partial charge on any atom is 0.182 e. The number of rotatable bonds is 5. The third-order valence-corrected chi connectivity index (χ3v) is 4.87. The molecule has 0 saturated carbocycles. The molecule has 4 heteroatoms. The molecule has 0 aromatic carbocycles. The second kappa shape index (κ2) is 7.68. The van der Waals surface area contributed by atoms with Crippen molar-refractivity contribution in [3.05, 3.63) is 56.2 Å². The van der Waals surface area contributed by atoms with Gasteiger partial charge < -0.3 is 0 Å². The molecule has 2 aromatic heterocycles. The molecule has 106 valence electrons. The molecule has 2 atom stereocenters. The second-order valence-electron chi connectivity index (χ2n) is 5.21. The Hall–Kier alpha value is -0.240. The molecule has 2 aromatic rings. The lowest BCUT2D eigenvalue weighted by Crippen LogP contribution is -2.40. The first kappa shape index (κ1) is 16.1. The van der Waals surface area contributed by atoms with E-state index >= 15 is 0 Å². The van der Waals surface area contributed by atoms with Crippen molar-refractivity contribution in [1.82, 2.24) is 0 Å². The SMILES string of the molecule is C[C@H](CC[C@@H](C)[n+]1cccc(I)c1)[n+]1cccc(I)c1. The minimum atomic E-state index is 0.538. The highest BCUT2D eigenvalue weighted by atomic mass is 127. The zero-order chi connectivity index (χ0) is 14.5. The average Bonchev–Trinajstić information content (AvgIpc) is 2.44. The van der Waals surface area contributed by atoms with E-state index in [0.29, 0.717) is 12.1 Å². The summed E-state index contributed by atoms with van der Waals surface area (Å²) in [6.45, 7) is 4.59. The van der Waals surface area contributed by atoms with Crippen LogP contribution in [0.5, 0.6) is 0 Å². The molecule has 0 spiro atoms. The summed E-state index contributed by atoms with van der Waals surface area (Å²) >= 11 is 4.74. The van der Waals surface area contributed by atoms with Crippen molar-refractivity contribution in [1.29, 1.82) is 0 Å². The molecule has 0 saturated heterocycles. The van der Waals surface area contributed by atoms with Gasteiger partial charge in [-0.25, -0.2) is 9.13 Å². The molecule has 0 amide bonds. The Morgan fingerprint density at radius 2 is 1.25 bits per heavy atom. The summed E-state index contributed by atoms with van der Waals surface area (Å²) in [5, 5.41) is 0. The molecule has 0 radical (unpaired) electrons. The molecule has 0 aliphatic rings. The minimum absolute atomic E-state index is 0.538. The van der Waals surface area contributed by atoms with Gasteiger partial charge in [-0.2, -0.15) is 0 Å².